The van der Waals surface area contributed by atoms with Crippen LogP contribution in [0.3, 0.4) is 0 Å². The van der Waals surface area contributed by atoms with Crippen LogP contribution in [0.25, 0.3) is 0 Å². The van der Waals surface area contributed by atoms with Crippen molar-refractivity contribution < 1.29 is 9.13 Å². The summed E-state index contributed by atoms with van der Waals surface area (Å²) in [6, 6.07) is 6.89. The van der Waals surface area contributed by atoms with Crippen LogP contribution in [0.4, 0.5) is 10.1 Å². The monoisotopic (exact) mass is 280 g/mol. The van der Waals surface area contributed by atoms with E-state index >= 15 is 0 Å². The largest absolute Gasteiger partial charge is 0.378 e. The second-order valence-electron chi connectivity index (χ2n) is 5.67. The van der Waals surface area contributed by atoms with Crippen molar-refractivity contribution in [3.05, 3.63) is 30.1 Å². The number of likely N-dealkylation sites (N-methyl/N-ethyl adjacent to an activating group) is 1. The lowest BCUT2D eigenvalue weighted by Gasteiger charge is -2.47. The summed E-state index contributed by atoms with van der Waals surface area (Å²) < 4.78 is 19.8. The molecule has 0 saturated carbocycles. The van der Waals surface area contributed by atoms with Gasteiger partial charge >= 0.3 is 0 Å². The molecule has 2 rings (SSSR count). The lowest BCUT2D eigenvalue weighted by atomic mass is 9.83. The van der Waals surface area contributed by atoms with E-state index in [0.717, 1.165) is 25.7 Å². The number of hydrogen-bond donors (Lipinski definition) is 1. The Labute approximate surface area is 120 Å². The maximum absolute atomic E-state index is 14.0. The summed E-state index contributed by atoms with van der Waals surface area (Å²) in [6.45, 7) is 3.37. The van der Waals surface area contributed by atoms with E-state index < -0.39 is 0 Å². The first-order valence-corrected chi connectivity index (χ1v) is 7.43. The fourth-order valence-electron chi connectivity index (χ4n) is 3.11. The van der Waals surface area contributed by atoms with Gasteiger partial charge in [-0.1, -0.05) is 25.5 Å². The van der Waals surface area contributed by atoms with Crippen LogP contribution in [0.1, 0.15) is 32.6 Å². The van der Waals surface area contributed by atoms with Gasteiger partial charge in [-0.05, 0) is 31.4 Å². The quantitative estimate of drug-likeness (QED) is 0.901. The number of halogens is 1. The Balaban J connectivity index is 2.23. The Morgan fingerprint density at radius 1 is 1.45 bits per heavy atom. The molecule has 0 aliphatic carbocycles. The van der Waals surface area contributed by atoms with Crippen molar-refractivity contribution in [2.45, 2.75) is 44.2 Å². The van der Waals surface area contributed by atoms with Gasteiger partial charge in [-0.15, -0.1) is 0 Å². The van der Waals surface area contributed by atoms with Crippen LogP contribution in [0.15, 0.2) is 24.3 Å². The summed E-state index contributed by atoms with van der Waals surface area (Å²) >= 11 is 0. The summed E-state index contributed by atoms with van der Waals surface area (Å²) in [5, 5.41) is 0. The molecule has 0 bridgehead atoms. The minimum Gasteiger partial charge on any atom is -0.378 e. The van der Waals surface area contributed by atoms with E-state index in [4.69, 9.17) is 10.5 Å². The van der Waals surface area contributed by atoms with Gasteiger partial charge in [0.2, 0.25) is 0 Å². The summed E-state index contributed by atoms with van der Waals surface area (Å²) in [7, 11) is 1.94. The Bertz CT molecular complexity index is 438. The molecule has 2 N–H and O–H groups in total. The molecule has 1 aliphatic heterocycles. The van der Waals surface area contributed by atoms with Crippen molar-refractivity contribution in [1.82, 2.24) is 0 Å². The average molecular weight is 280 g/mol. The molecule has 3 nitrogen and oxygen atoms in total. The molecule has 1 saturated heterocycles. The SMILES string of the molecule is CCCC1CC(CN)(N(C)c2ccccc2F)CCO1. The van der Waals surface area contributed by atoms with Gasteiger partial charge in [-0.2, -0.15) is 0 Å². The number of benzene rings is 1. The number of hydrogen-bond acceptors (Lipinski definition) is 3. The number of rotatable bonds is 5. The van der Waals surface area contributed by atoms with Crippen LogP contribution < -0.4 is 10.6 Å². The molecule has 1 aliphatic rings. The summed E-state index contributed by atoms with van der Waals surface area (Å²) in [6.07, 6.45) is 4.06. The van der Waals surface area contributed by atoms with E-state index in [1.54, 1.807) is 6.07 Å². The standard InChI is InChI=1S/C16H25FN2O/c1-3-6-13-11-16(12-18,9-10-20-13)19(2)15-8-5-4-7-14(15)17/h4-5,7-8,13H,3,6,9-12,18H2,1-2H3. The molecule has 1 aromatic rings. The van der Waals surface area contributed by atoms with Crippen molar-refractivity contribution in [3.8, 4) is 0 Å². The molecule has 20 heavy (non-hydrogen) atoms. The third kappa shape index (κ3) is 2.96. The first kappa shape index (κ1) is 15.3. The predicted octanol–water partition coefficient (Wildman–Crippen LogP) is 2.94. The third-order valence-corrected chi connectivity index (χ3v) is 4.44. The van der Waals surface area contributed by atoms with Crippen molar-refractivity contribution in [3.63, 3.8) is 0 Å². The molecule has 1 heterocycles. The zero-order chi connectivity index (χ0) is 14.6. The van der Waals surface area contributed by atoms with Gasteiger partial charge in [0.1, 0.15) is 5.82 Å². The maximum Gasteiger partial charge on any atom is 0.146 e. The molecule has 2 unspecified atom stereocenters. The van der Waals surface area contributed by atoms with E-state index in [9.17, 15) is 4.39 Å². The van der Waals surface area contributed by atoms with Gasteiger partial charge < -0.3 is 15.4 Å². The Morgan fingerprint density at radius 3 is 2.85 bits per heavy atom. The number of nitrogens with zero attached hydrogens (tertiary/aromatic N) is 1. The fourth-order valence-corrected chi connectivity index (χ4v) is 3.11. The van der Waals surface area contributed by atoms with Crippen molar-refractivity contribution in [2.75, 3.05) is 25.1 Å². The van der Waals surface area contributed by atoms with Crippen molar-refractivity contribution in [2.24, 2.45) is 5.73 Å². The highest BCUT2D eigenvalue weighted by atomic mass is 19.1. The summed E-state index contributed by atoms with van der Waals surface area (Å²) in [5.41, 5.74) is 6.48. The van der Waals surface area contributed by atoms with E-state index in [1.807, 2.05) is 24.1 Å². The number of ether oxygens (including phenoxy) is 1. The normalized spacial score (nSPS) is 26.5. The molecule has 2 atom stereocenters. The van der Waals surface area contributed by atoms with Crippen LogP contribution in [0.5, 0.6) is 0 Å². The zero-order valence-electron chi connectivity index (χ0n) is 12.4. The molecule has 0 amide bonds. The van der Waals surface area contributed by atoms with Crippen LogP contribution in [0, 0.1) is 5.82 Å². The van der Waals surface area contributed by atoms with Gasteiger partial charge in [0.05, 0.1) is 17.3 Å². The summed E-state index contributed by atoms with van der Waals surface area (Å²) in [5.74, 6) is -0.193. The predicted molar refractivity (Wildman–Crippen MR) is 80.5 cm³/mol. The molecule has 1 fully saturated rings. The average Bonchev–Trinajstić information content (AvgIpc) is 2.47. The first-order chi connectivity index (χ1) is 9.63. The highest BCUT2D eigenvalue weighted by Crippen LogP contribution is 2.35. The fraction of sp³-hybridized carbons (Fsp3) is 0.625. The van der Waals surface area contributed by atoms with Crippen molar-refractivity contribution >= 4 is 5.69 Å². The van der Waals surface area contributed by atoms with E-state index in [0.29, 0.717) is 18.8 Å². The van der Waals surface area contributed by atoms with E-state index in [-0.39, 0.29) is 17.5 Å². The third-order valence-electron chi connectivity index (χ3n) is 4.44. The Hall–Kier alpha value is -1.13. The van der Waals surface area contributed by atoms with Gasteiger partial charge in [0.25, 0.3) is 0 Å². The Morgan fingerprint density at radius 2 is 2.20 bits per heavy atom. The number of para-hydroxylation sites is 1. The second kappa shape index (κ2) is 6.55. The topological polar surface area (TPSA) is 38.5 Å². The molecule has 112 valence electrons. The molecule has 1 aromatic carbocycles. The Kier molecular flexibility index (Phi) is 5.00. The van der Waals surface area contributed by atoms with Crippen LogP contribution in [0.2, 0.25) is 0 Å². The second-order valence-corrected chi connectivity index (χ2v) is 5.67. The number of nitrogens with two attached hydrogens (primary N) is 1. The highest BCUT2D eigenvalue weighted by Gasteiger charge is 2.39. The van der Waals surface area contributed by atoms with Crippen molar-refractivity contribution in [1.29, 1.82) is 0 Å². The van der Waals surface area contributed by atoms with Gasteiger partial charge in [-0.25, -0.2) is 4.39 Å². The van der Waals surface area contributed by atoms with Gasteiger partial charge in [0.15, 0.2) is 0 Å². The van der Waals surface area contributed by atoms with Crippen LogP contribution >= 0.6 is 0 Å². The molecular formula is C16H25FN2O. The number of anilines is 1. The molecule has 0 spiro atoms. The summed E-state index contributed by atoms with van der Waals surface area (Å²) in [4.78, 5) is 2.02. The van der Waals surface area contributed by atoms with Crippen LogP contribution in [-0.4, -0.2) is 31.8 Å². The van der Waals surface area contributed by atoms with Gasteiger partial charge in [0, 0.05) is 20.2 Å². The van der Waals surface area contributed by atoms with Crippen LogP contribution in [-0.2, 0) is 4.74 Å². The lowest BCUT2D eigenvalue weighted by Crippen LogP contribution is -2.57. The first-order valence-electron chi connectivity index (χ1n) is 7.43. The van der Waals surface area contributed by atoms with E-state index in [2.05, 4.69) is 6.92 Å². The lowest BCUT2D eigenvalue weighted by molar-refractivity contribution is -0.0217. The maximum atomic E-state index is 14.0. The molecule has 0 radical (unpaired) electrons. The molecule has 4 heteroatoms. The molecule has 0 aromatic heterocycles. The zero-order valence-corrected chi connectivity index (χ0v) is 12.4. The van der Waals surface area contributed by atoms with E-state index in [1.165, 1.54) is 6.07 Å². The highest BCUT2D eigenvalue weighted by molar-refractivity contribution is 5.50. The minimum atomic E-state index is -0.208. The minimum absolute atomic E-state index is 0.193. The van der Waals surface area contributed by atoms with Gasteiger partial charge in [-0.3, -0.25) is 0 Å². The smallest absolute Gasteiger partial charge is 0.146 e. The molecular weight excluding hydrogens is 255 g/mol.